The Bertz CT molecular complexity index is 1150. The molecule has 1 saturated carbocycles. The summed E-state index contributed by atoms with van der Waals surface area (Å²) in [6, 6.07) is 12.3. The van der Waals surface area contributed by atoms with Gasteiger partial charge in [-0.05, 0) is 48.6 Å². The normalized spacial score (nSPS) is 16.0. The number of rotatable bonds is 8. The number of aromatic hydroxyl groups is 1. The van der Waals surface area contributed by atoms with Gasteiger partial charge in [0.05, 0.1) is 18.2 Å². The van der Waals surface area contributed by atoms with Gasteiger partial charge < -0.3 is 19.0 Å². The third kappa shape index (κ3) is 5.87. The Balaban J connectivity index is 1.25. The van der Waals surface area contributed by atoms with Gasteiger partial charge in [-0.25, -0.2) is 13.6 Å². The van der Waals surface area contributed by atoms with Gasteiger partial charge in [0.2, 0.25) is 11.8 Å². The van der Waals surface area contributed by atoms with Gasteiger partial charge in [0, 0.05) is 24.8 Å². The fourth-order valence-corrected chi connectivity index (χ4v) is 4.18. The number of benzene rings is 2. The first kappa shape index (κ1) is 23.2. The Morgan fingerprint density at radius 2 is 1.88 bits per heavy atom. The number of hydrogen-bond acceptors (Lipinski definition) is 5. The Morgan fingerprint density at radius 1 is 1.12 bits per heavy atom. The molecule has 6 nitrogen and oxygen atoms in total. The zero-order valence-electron chi connectivity index (χ0n) is 17.8. The number of alkyl halides is 2. The van der Waals surface area contributed by atoms with Crippen LogP contribution in [0.1, 0.15) is 43.6 Å². The van der Waals surface area contributed by atoms with Crippen LogP contribution in [-0.2, 0) is 0 Å². The Hall–Kier alpha value is -3.00. The number of nitrogens with one attached hydrogen (secondary N) is 1. The molecule has 9 heteroatoms. The van der Waals surface area contributed by atoms with Crippen molar-refractivity contribution in [3.63, 3.8) is 0 Å². The molecule has 33 heavy (non-hydrogen) atoms. The van der Waals surface area contributed by atoms with E-state index >= 15 is 0 Å². The minimum absolute atomic E-state index is 0.0498. The van der Waals surface area contributed by atoms with Crippen molar-refractivity contribution in [3.05, 3.63) is 63.6 Å². The zero-order chi connectivity index (χ0) is 23.4. The van der Waals surface area contributed by atoms with Crippen LogP contribution in [0.5, 0.6) is 17.4 Å². The lowest BCUT2D eigenvalue weighted by atomic mass is 9.82. The summed E-state index contributed by atoms with van der Waals surface area (Å²) in [4.78, 5) is 13.4. The quantitative estimate of drug-likeness (QED) is 0.379. The second kappa shape index (κ2) is 9.87. The molecule has 0 saturated heterocycles. The van der Waals surface area contributed by atoms with Gasteiger partial charge in [-0.1, -0.05) is 29.8 Å². The van der Waals surface area contributed by atoms with Crippen LogP contribution in [0.15, 0.2) is 51.7 Å². The molecule has 0 spiro atoms. The number of H-pyrrole nitrogens is 1. The van der Waals surface area contributed by atoms with Crippen molar-refractivity contribution < 1.29 is 27.8 Å². The highest BCUT2D eigenvalue weighted by atomic mass is 35.5. The van der Waals surface area contributed by atoms with Crippen LogP contribution in [0.25, 0.3) is 11.3 Å². The van der Waals surface area contributed by atoms with Crippen molar-refractivity contribution in [2.24, 2.45) is 0 Å². The van der Waals surface area contributed by atoms with E-state index in [1.165, 1.54) is 0 Å². The maximum atomic E-state index is 13.4. The molecule has 0 radical (unpaired) electrons. The topological polar surface area (TPSA) is 84.7 Å². The van der Waals surface area contributed by atoms with Crippen LogP contribution in [-0.4, -0.2) is 29.2 Å². The smallest absolute Gasteiger partial charge is 0.419 e. The van der Waals surface area contributed by atoms with E-state index in [9.17, 15) is 18.7 Å². The highest BCUT2D eigenvalue weighted by Gasteiger charge is 2.35. The molecule has 1 heterocycles. The molecule has 1 aromatic heterocycles. The third-order valence-corrected chi connectivity index (χ3v) is 5.98. The van der Waals surface area contributed by atoms with E-state index in [4.69, 9.17) is 25.5 Å². The highest BCUT2D eigenvalue weighted by molar-refractivity contribution is 6.32. The molecule has 2 N–H and O–H groups in total. The largest absolute Gasteiger partial charge is 0.493 e. The van der Waals surface area contributed by atoms with Crippen molar-refractivity contribution in [1.82, 2.24) is 4.98 Å². The summed E-state index contributed by atoms with van der Waals surface area (Å²) in [6.07, 6.45) is 1.33. The summed E-state index contributed by atoms with van der Waals surface area (Å²) in [5, 5.41) is 10.2. The van der Waals surface area contributed by atoms with E-state index in [0.717, 1.165) is 5.56 Å². The summed E-state index contributed by atoms with van der Waals surface area (Å²) in [7, 11) is 0. The summed E-state index contributed by atoms with van der Waals surface area (Å²) >= 11 is 6.34. The van der Waals surface area contributed by atoms with E-state index in [1.807, 2.05) is 12.1 Å². The monoisotopic (exact) mass is 479 g/mol. The van der Waals surface area contributed by atoms with Crippen molar-refractivity contribution in [2.75, 3.05) is 13.2 Å². The first-order chi connectivity index (χ1) is 15.8. The van der Waals surface area contributed by atoms with Crippen LogP contribution in [0.3, 0.4) is 0 Å². The fourth-order valence-electron chi connectivity index (χ4n) is 3.94. The van der Waals surface area contributed by atoms with Crippen LogP contribution in [0, 0.1) is 0 Å². The molecule has 0 amide bonds. The summed E-state index contributed by atoms with van der Waals surface area (Å²) in [5.74, 6) is -2.38. The minimum atomic E-state index is -2.55. The molecule has 0 unspecified atom stereocenters. The Labute approximate surface area is 194 Å². The standard InChI is InChI=1S/C24H24ClF2NO5/c25-19-14-16(15-7-9-24(26,27)10-8-15)5-6-20(19)32-12-2-11-31-18-4-1-3-17(13-18)21-22(29)28-23(30)33-21/h1,3-6,13-15,29H,2,7-12H2,(H,28,30). The summed E-state index contributed by atoms with van der Waals surface area (Å²) in [6.45, 7) is 0.750. The Kier molecular flexibility index (Phi) is 6.93. The van der Waals surface area contributed by atoms with Crippen LogP contribution in [0.2, 0.25) is 5.02 Å². The van der Waals surface area contributed by atoms with Gasteiger partial charge in [-0.2, -0.15) is 0 Å². The second-order valence-corrected chi connectivity index (χ2v) is 8.50. The molecule has 0 bridgehead atoms. The minimum Gasteiger partial charge on any atom is -0.493 e. The number of ether oxygens (including phenoxy) is 2. The average Bonchev–Trinajstić information content (AvgIpc) is 3.12. The predicted molar refractivity (Wildman–Crippen MR) is 120 cm³/mol. The fraction of sp³-hybridized carbons (Fsp3) is 0.375. The molecule has 3 aromatic rings. The molecule has 1 aliphatic rings. The van der Waals surface area contributed by atoms with Crippen LogP contribution < -0.4 is 15.2 Å². The SMILES string of the molecule is O=c1[nH]c(O)c(-c2cccc(OCCCOc3ccc(C4CCC(F)(F)CC4)cc3Cl)c2)o1. The van der Waals surface area contributed by atoms with E-state index in [1.54, 1.807) is 30.3 Å². The zero-order valence-corrected chi connectivity index (χ0v) is 18.5. The lowest BCUT2D eigenvalue weighted by molar-refractivity contribution is -0.0382. The van der Waals surface area contributed by atoms with Gasteiger partial charge in [0.25, 0.3) is 0 Å². The maximum absolute atomic E-state index is 13.4. The number of hydrogen-bond donors (Lipinski definition) is 2. The molecular weight excluding hydrogens is 456 g/mol. The number of aromatic amines is 1. The molecule has 1 aliphatic carbocycles. The molecular formula is C24H24ClF2NO5. The lowest BCUT2D eigenvalue weighted by Gasteiger charge is -2.28. The molecule has 4 rings (SSSR count). The van der Waals surface area contributed by atoms with Gasteiger partial charge in [0.1, 0.15) is 11.5 Å². The van der Waals surface area contributed by atoms with Gasteiger partial charge in [-0.15, -0.1) is 0 Å². The molecule has 0 aliphatic heterocycles. The number of halogens is 3. The van der Waals surface area contributed by atoms with E-state index in [0.29, 0.717) is 54.6 Å². The van der Waals surface area contributed by atoms with Crippen molar-refractivity contribution in [1.29, 1.82) is 0 Å². The van der Waals surface area contributed by atoms with E-state index < -0.39 is 11.7 Å². The summed E-state index contributed by atoms with van der Waals surface area (Å²) in [5.41, 5.74) is 1.48. The van der Waals surface area contributed by atoms with E-state index in [2.05, 4.69) is 4.98 Å². The molecule has 0 atom stereocenters. The molecule has 2 aromatic carbocycles. The van der Waals surface area contributed by atoms with Gasteiger partial charge >= 0.3 is 5.76 Å². The summed E-state index contributed by atoms with van der Waals surface area (Å²) < 4.78 is 43.1. The van der Waals surface area contributed by atoms with Crippen LogP contribution in [0.4, 0.5) is 8.78 Å². The first-order valence-corrected chi connectivity index (χ1v) is 11.1. The van der Waals surface area contributed by atoms with Gasteiger partial charge in [-0.3, -0.25) is 4.98 Å². The van der Waals surface area contributed by atoms with Crippen molar-refractivity contribution in [3.8, 4) is 28.7 Å². The Morgan fingerprint density at radius 3 is 2.58 bits per heavy atom. The maximum Gasteiger partial charge on any atom is 0.419 e. The lowest BCUT2D eigenvalue weighted by Crippen LogP contribution is -2.23. The van der Waals surface area contributed by atoms with Crippen molar-refractivity contribution in [2.45, 2.75) is 43.9 Å². The van der Waals surface area contributed by atoms with Crippen molar-refractivity contribution >= 4 is 11.6 Å². The molecule has 176 valence electrons. The van der Waals surface area contributed by atoms with Gasteiger partial charge in [0.15, 0.2) is 5.76 Å². The number of oxazole rings is 1. The highest BCUT2D eigenvalue weighted by Crippen LogP contribution is 2.42. The second-order valence-electron chi connectivity index (χ2n) is 8.09. The van der Waals surface area contributed by atoms with E-state index in [-0.39, 0.29) is 30.4 Å². The molecule has 1 fully saturated rings. The third-order valence-electron chi connectivity index (χ3n) is 5.69. The average molecular weight is 480 g/mol. The number of aromatic nitrogens is 1. The first-order valence-electron chi connectivity index (χ1n) is 10.8. The van der Waals surface area contributed by atoms with Crippen LogP contribution >= 0.6 is 11.6 Å². The predicted octanol–water partition coefficient (Wildman–Crippen LogP) is 6.13.